The van der Waals surface area contributed by atoms with Crippen LogP contribution in [0.5, 0.6) is 11.5 Å². The Labute approximate surface area is 217 Å². The van der Waals surface area contributed by atoms with Gasteiger partial charge in [-0.2, -0.15) is 5.10 Å². The van der Waals surface area contributed by atoms with E-state index in [-0.39, 0.29) is 16.8 Å². The van der Waals surface area contributed by atoms with Gasteiger partial charge in [-0.05, 0) is 88.9 Å². The minimum atomic E-state index is -0.436. The first kappa shape index (κ1) is 26.0. The highest BCUT2D eigenvalue weighted by atomic mass is 79.9. The molecule has 6 nitrogen and oxygen atoms in total. The summed E-state index contributed by atoms with van der Waals surface area (Å²) >= 11 is 15.3. The lowest BCUT2D eigenvalue weighted by Gasteiger charge is -2.16. The summed E-state index contributed by atoms with van der Waals surface area (Å²) in [6.07, 6.45) is 1.54. The maximum Gasteiger partial charge on any atom is 0.271 e. The van der Waals surface area contributed by atoms with Gasteiger partial charge in [0.1, 0.15) is 18.1 Å². The molecule has 0 aliphatic carbocycles. The number of carbonyl (C=O) groups excluding carboxylic acids is 1. The molecule has 0 aromatic heterocycles. The summed E-state index contributed by atoms with van der Waals surface area (Å²) in [5.41, 5.74) is 5.61. The van der Waals surface area contributed by atoms with Crippen molar-refractivity contribution in [1.29, 1.82) is 0 Å². The van der Waals surface area contributed by atoms with Crippen molar-refractivity contribution in [3.8, 4) is 11.5 Å². The first-order chi connectivity index (χ1) is 16.2. The van der Waals surface area contributed by atoms with Crippen molar-refractivity contribution < 1.29 is 14.6 Å². The Kier molecular flexibility index (Phi) is 9.36. The van der Waals surface area contributed by atoms with Gasteiger partial charge in [0.05, 0.1) is 15.7 Å². The second-order valence-corrected chi connectivity index (χ2v) is 9.29. The standard InChI is InChI=1S/C25H24BrCl2N3O3/c1-15-11-17(14-30-31-25(33)19-5-8-23(32)22(28)13-19)12-21(26)24(15)34-10-9-29-16(2)18-3-6-20(27)7-4-18/h3-8,11-14,16,29,32H,9-10H2,1-2H3,(H,31,33)/b30-14-. The number of phenols is 1. The van der Waals surface area contributed by atoms with Crippen LogP contribution in [0.3, 0.4) is 0 Å². The number of hydrogen-bond donors (Lipinski definition) is 3. The van der Waals surface area contributed by atoms with Crippen LogP contribution < -0.4 is 15.5 Å². The molecule has 0 spiro atoms. The molecule has 0 saturated carbocycles. The Morgan fingerprint density at radius 1 is 1.18 bits per heavy atom. The van der Waals surface area contributed by atoms with Gasteiger partial charge in [0.15, 0.2) is 0 Å². The first-order valence-corrected chi connectivity index (χ1v) is 12.0. The third kappa shape index (κ3) is 7.21. The summed E-state index contributed by atoms with van der Waals surface area (Å²) in [5.74, 6) is 0.228. The van der Waals surface area contributed by atoms with Crippen LogP contribution in [0.4, 0.5) is 0 Å². The SMILES string of the molecule is Cc1cc(/C=N\NC(=O)c2ccc(O)c(Cl)c2)cc(Br)c1OCCNC(C)c1ccc(Cl)cc1. The second kappa shape index (κ2) is 12.2. The van der Waals surface area contributed by atoms with Crippen molar-refractivity contribution in [2.75, 3.05) is 13.2 Å². The summed E-state index contributed by atoms with van der Waals surface area (Å²) in [7, 11) is 0. The molecular weight excluding hydrogens is 541 g/mol. The highest BCUT2D eigenvalue weighted by Crippen LogP contribution is 2.30. The number of aryl methyl sites for hydroxylation is 1. The Balaban J connectivity index is 1.52. The number of carbonyl (C=O) groups is 1. The minimum Gasteiger partial charge on any atom is -0.506 e. The topological polar surface area (TPSA) is 83.0 Å². The molecule has 0 radical (unpaired) electrons. The van der Waals surface area contributed by atoms with Crippen molar-refractivity contribution in [2.45, 2.75) is 19.9 Å². The molecule has 178 valence electrons. The minimum absolute atomic E-state index is 0.0869. The molecule has 34 heavy (non-hydrogen) atoms. The average molecular weight is 565 g/mol. The van der Waals surface area contributed by atoms with Crippen molar-refractivity contribution >= 4 is 51.3 Å². The van der Waals surface area contributed by atoms with E-state index in [9.17, 15) is 9.90 Å². The average Bonchev–Trinajstić information content (AvgIpc) is 2.80. The number of hydrogen-bond acceptors (Lipinski definition) is 5. The van der Waals surface area contributed by atoms with Gasteiger partial charge in [-0.1, -0.05) is 35.3 Å². The molecule has 0 fully saturated rings. The lowest BCUT2D eigenvalue weighted by molar-refractivity contribution is 0.0955. The summed E-state index contributed by atoms with van der Waals surface area (Å²) in [4.78, 5) is 12.2. The Hall–Kier alpha value is -2.58. The quantitative estimate of drug-likeness (QED) is 0.163. The second-order valence-electron chi connectivity index (χ2n) is 7.59. The molecule has 3 aromatic rings. The van der Waals surface area contributed by atoms with Gasteiger partial charge in [0, 0.05) is 23.2 Å². The van der Waals surface area contributed by atoms with Gasteiger partial charge in [0.2, 0.25) is 0 Å². The first-order valence-electron chi connectivity index (χ1n) is 10.5. The number of nitrogens with zero attached hydrogens (tertiary/aromatic N) is 1. The van der Waals surface area contributed by atoms with Crippen molar-refractivity contribution in [3.05, 3.63) is 91.4 Å². The van der Waals surface area contributed by atoms with Crippen LogP contribution in [0.25, 0.3) is 0 Å². The van der Waals surface area contributed by atoms with Crippen LogP contribution >= 0.6 is 39.1 Å². The summed E-state index contributed by atoms with van der Waals surface area (Å²) in [6, 6.07) is 15.9. The van der Waals surface area contributed by atoms with Crippen LogP contribution in [0, 0.1) is 6.92 Å². The van der Waals surface area contributed by atoms with Gasteiger partial charge in [-0.25, -0.2) is 5.43 Å². The summed E-state index contributed by atoms with van der Waals surface area (Å²) in [5, 5.41) is 17.7. The number of phenolic OH excluding ortho intramolecular Hbond substituents is 1. The van der Waals surface area contributed by atoms with Crippen molar-refractivity contribution in [2.24, 2.45) is 5.10 Å². The van der Waals surface area contributed by atoms with Crippen LogP contribution in [-0.4, -0.2) is 30.4 Å². The normalized spacial score (nSPS) is 12.0. The van der Waals surface area contributed by atoms with E-state index in [1.54, 1.807) is 0 Å². The van der Waals surface area contributed by atoms with Crippen molar-refractivity contribution in [1.82, 2.24) is 10.7 Å². The number of aromatic hydroxyl groups is 1. The third-order valence-electron chi connectivity index (χ3n) is 5.01. The van der Waals surface area contributed by atoms with Gasteiger partial charge < -0.3 is 15.2 Å². The molecule has 3 rings (SSSR count). The molecule has 0 saturated heterocycles. The number of rotatable bonds is 9. The fraction of sp³-hybridized carbons (Fsp3) is 0.200. The van der Waals surface area contributed by atoms with Crippen LogP contribution in [0.15, 0.2) is 64.2 Å². The monoisotopic (exact) mass is 563 g/mol. The predicted molar refractivity (Wildman–Crippen MR) is 140 cm³/mol. The highest BCUT2D eigenvalue weighted by Gasteiger charge is 2.10. The fourth-order valence-electron chi connectivity index (χ4n) is 3.19. The largest absolute Gasteiger partial charge is 0.506 e. The number of hydrazone groups is 1. The van der Waals surface area contributed by atoms with Gasteiger partial charge >= 0.3 is 0 Å². The zero-order valence-electron chi connectivity index (χ0n) is 18.6. The third-order valence-corrected chi connectivity index (χ3v) is 6.15. The predicted octanol–water partition coefficient (Wildman–Crippen LogP) is 6.26. The molecule has 1 unspecified atom stereocenters. The highest BCUT2D eigenvalue weighted by molar-refractivity contribution is 9.10. The molecule has 3 N–H and O–H groups in total. The van der Waals surface area contributed by atoms with E-state index in [0.717, 1.165) is 31.9 Å². The molecule has 0 heterocycles. The van der Waals surface area contributed by atoms with E-state index in [1.807, 2.05) is 43.3 Å². The Morgan fingerprint density at radius 3 is 2.59 bits per heavy atom. The molecule has 1 atom stereocenters. The number of nitrogens with one attached hydrogen (secondary N) is 2. The van der Waals surface area contributed by atoms with Gasteiger partial charge in [-0.15, -0.1) is 0 Å². The van der Waals surface area contributed by atoms with E-state index >= 15 is 0 Å². The van der Waals surface area contributed by atoms with E-state index < -0.39 is 5.91 Å². The molecule has 3 aromatic carbocycles. The number of halogens is 3. The lowest BCUT2D eigenvalue weighted by Crippen LogP contribution is -2.24. The van der Waals surface area contributed by atoms with Crippen LogP contribution in [0.1, 0.15) is 40.0 Å². The maximum atomic E-state index is 12.2. The van der Waals surface area contributed by atoms with Gasteiger partial charge in [0.25, 0.3) is 5.91 Å². The Morgan fingerprint density at radius 2 is 1.91 bits per heavy atom. The molecule has 0 bridgehead atoms. The fourth-order valence-corrected chi connectivity index (χ4v) is 4.19. The lowest BCUT2D eigenvalue weighted by atomic mass is 10.1. The van der Waals surface area contributed by atoms with E-state index in [2.05, 4.69) is 38.7 Å². The number of benzene rings is 3. The van der Waals surface area contributed by atoms with Crippen molar-refractivity contribution in [3.63, 3.8) is 0 Å². The zero-order chi connectivity index (χ0) is 24.7. The smallest absolute Gasteiger partial charge is 0.271 e. The molecule has 1 amide bonds. The van der Waals surface area contributed by atoms with Gasteiger partial charge in [-0.3, -0.25) is 4.79 Å². The maximum absolute atomic E-state index is 12.2. The summed E-state index contributed by atoms with van der Waals surface area (Å²) in [6.45, 7) is 5.20. The number of ether oxygens (including phenoxy) is 1. The molecular formula is C25H24BrCl2N3O3. The molecule has 0 aliphatic heterocycles. The zero-order valence-corrected chi connectivity index (χ0v) is 21.7. The van der Waals surface area contributed by atoms with E-state index in [4.69, 9.17) is 27.9 Å². The van der Waals surface area contributed by atoms with E-state index in [0.29, 0.717) is 18.7 Å². The molecule has 0 aliphatic rings. The summed E-state index contributed by atoms with van der Waals surface area (Å²) < 4.78 is 6.76. The van der Waals surface area contributed by atoms with Crippen LogP contribution in [0.2, 0.25) is 10.0 Å². The van der Waals surface area contributed by atoms with Crippen LogP contribution in [-0.2, 0) is 0 Å². The number of amides is 1. The van der Waals surface area contributed by atoms with E-state index in [1.165, 1.54) is 24.4 Å². The molecule has 9 heteroatoms. The Bertz CT molecular complexity index is 1160.